The average molecular weight is 615 g/mol. The number of hydrogen-bond acceptors (Lipinski definition) is 9. The molecular formula is C26H34F4N8O3S. The summed E-state index contributed by atoms with van der Waals surface area (Å²) in [5.74, 6) is -1.07. The normalized spacial score (nSPS) is 19.9. The number of pyridine rings is 1. The van der Waals surface area contributed by atoms with Crippen LogP contribution in [0.1, 0.15) is 51.3 Å². The third-order valence-corrected chi connectivity index (χ3v) is 8.40. The van der Waals surface area contributed by atoms with E-state index in [9.17, 15) is 30.8 Å². The Hall–Kier alpha value is -3.40. The molecule has 16 heteroatoms. The van der Waals surface area contributed by atoms with E-state index in [1.54, 1.807) is 13.8 Å². The van der Waals surface area contributed by atoms with Gasteiger partial charge in [0.2, 0.25) is 16.0 Å². The number of aromatic nitrogens is 5. The number of alkyl halides is 4. The fourth-order valence-corrected chi connectivity index (χ4v) is 6.08. The summed E-state index contributed by atoms with van der Waals surface area (Å²) in [6.45, 7) is 5.14. The first-order valence-electron chi connectivity index (χ1n) is 13.5. The van der Waals surface area contributed by atoms with Gasteiger partial charge in [0.1, 0.15) is 23.2 Å². The van der Waals surface area contributed by atoms with Crippen molar-refractivity contribution in [1.82, 2.24) is 29.4 Å². The monoisotopic (exact) mass is 614 g/mol. The Morgan fingerprint density at radius 3 is 2.45 bits per heavy atom. The van der Waals surface area contributed by atoms with Crippen LogP contribution in [-0.4, -0.2) is 82.1 Å². The quantitative estimate of drug-likeness (QED) is 0.342. The van der Waals surface area contributed by atoms with Crippen LogP contribution < -0.4 is 15.6 Å². The summed E-state index contributed by atoms with van der Waals surface area (Å²) in [7, 11) is -0.579. The summed E-state index contributed by atoms with van der Waals surface area (Å²) in [5.41, 5.74) is 0.705. The van der Waals surface area contributed by atoms with Gasteiger partial charge in [-0.1, -0.05) is 0 Å². The van der Waals surface area contributed by atoms with Gasteiger partial charge in [-0.2, -0.15) is 18.2 Å². The third-order valence-electron chi connectivity index (χ3n) is 7.14. The molecule has 0 aliphatic heterocycles. The van der Waals surface area contributed by atoms with E-state index < -0.39 is 40.1 Å². The van der Waals surface area contributed by atoms with Crippen LogP contribution in [0.15, 0.2) is 23.1 Å². The van der Waals surface area contributed by atoms with E-state index in [1.165, 1.54) is 29.8 Å². The van der Waals surface area contributed by atoms with E-state index in [2.05, 4.69) is 25.3 Å². The number of aryl methyl sites for hydroxylation is 1. The standard InChI is InChI=1S/C26H34F4N8O3S/c1-14(2)38-23-19(13-31-25(35-23)33-16-6-8-20(37(4)5)18(27)12-16)34-22(24(38)39)17-7-9-21(32-15(17)3)36-42(40,41)11-10-26(28,29)30/h7,9,13-14,16,18,20H,6,8,10-12H2,1-5H3,(H,32,36)(H,31,33,35)/t16-,18?,20-/m0/s1. The molecule has 0 aromatic carbocycles. The molecule has 11 nitrogen and oxygen atoms in total. The lowest BCUT2D eigenvalue weighted by atomic mass is 9.89. The van der Waals surface area contributed by atoms with Gasteiger partial charge in [0.15, 0.2) is 5.65 Å². The second-order valence-electron chi connectivity index (χ2n) is 10.9. The molecule has 0 bridgehead atoms. The van der Waals surface area contributed by atoms with E-state index >= 15 is 0 Å². The molecular weight excluding hydrogens is 580 g/mol. The van der Waals surface area contributed by atoms with Crippen LogP contribution in [0.3, 0.4) is 0 Å². The Labute approximate surface area is 240 Å². The average Bonchev–Trinajstić information content (AvgIpc) is 2.87. The summed E-state index contributed by atoms with van der Waals surface area (Å²) >= 11 is 0. The van der Waals surface area contributed by atoms with Crippen LogP contribution >= 0.6 is 0 Å². The van der Waals surface area contributed by atoms with Crippen molar-refractivity contribution in [2.75, 3.05) is 29.9 Å². The predicted molar refractivity (Wildman–Crippen MR) is 152 cm³/mol. The number of sulfonamides is 1. The Morgan fingerprint density at radius 1 is 1.14 bits per heavy atom. The van der Waals surface area contributed by atoms with Crippen molar-refractivity contribution < 1.29 is 26.0 Å². The van der Waals surface area contributed by atoms with Gasteiger partial charge in [-0.05, 0) is 59.8 Å². The number of anilines is 2. The zero-order valence-corrected chi connectivity index (χ0v) is 24.7. The highest BCUT2D eigenvalue weighted by molar-refractivity contribution is 7.92. The van der Waals surface area contributed by atoms with Crippen LogP contribution in [0.25, 0.3) is 22.4 Å². The summed E-state index contributed by atoms with van der Waals surface area (Å²) in [6.07, 6.45) is -3.92. The lowest BCUT2D eigenvalue weighted by Gasteiger charge is -2.35. The third kappa shape index (κ3) is 7.32. The fraction of sp³-hybridized carbons (Fsp3) is 0.577. The molecule has 1 aliphatic rings. The SMILES string of the molecule is Cc1nc(NS(=O)(=O)CCC(F)(F)F)ccc1-c1nc2cnc(N[C@H]3CC[C@H](N(C)C)C(F)C3)nc2n(C(C)C)c1=O. The molecule has 4 rings (SSSR count). The van der Waals surface area contributed by atoms with Gasteiger partial charge in [-0.25, -0.2) is 27.8 Å². The molecule has 3 heterocycles. The number of hydrogen-bond donors (Lipinski definition) is 2. The first-order chi connectivity index (χ1) is 19.5. The van der Waals surface area contributed by atoms with Crippen molar-refractivity contribution in [1.29, 1.82) is 0 Å². The van der Waals surface area contributed by atoms with Crippen molar-refractivity contribution in [3.05, 3.63) is 34.4 Å². The van der Waals surface area contributed by atoms with E-state index in [0.29, 0.717) is 23.9 Å². The van der Waals surface area contributed by atoms with E-state index in [-0.39, 0.29) is 46.9 Å². The predicted octanol–water partition coefficient (Wildman–Crippen LogP) is 4.06. The summed E-state index contributed by atoms with van der Waals surface area (Å²) in [4.78, 5) is 33.0. The van der Waals surface area contributed by atoms with Gasteiger partial charge in [0.05, 0.1) is 18.4 Å². The Morgan fingerprint density at radius 2 is 1.86 bits per heavy atom. The maximum absolute atomic E-state index is 14.7. The van der Waals surface area contributed by atoms with Gasteiger partial charge in [-0.3, -0.25) is 14.1 Å². The van der Waals surface area contributed by atoms with E-state index in [0.717, 1.165) is 6.42 Å². The minimum atomic E-state index is -4.62. The van der Waals surface area contributed by atoms with Crippen molar-refractivity contribution in [3.8, 4) is 11.3 Å². The lowest BCUT2D eigenvalue weighted by molar-refractivity contribution is -0.129. The van der Waals surface area contributed by atoms with Gasteiger partial charge in [0, 0.05) is 35.8 Å². The Kier molecular flexibility index (Phi) is 9.06. The van der Waals surface area contributed by atoms with Crippen molar-refractivity contribution >= 4 is 33.0 Å². The zero-order valence-electron chi connectivity index (χ0n) is 23.9. The molecule has 0 saturated heterocycles. The molecule has 1 unspecified atom stereocenters. The number of fused-ring (bicyclic) bond motifs is 1. The summed E-state index contributed by atoms with van der Waals surface area (Å²) in [6, 6.07) is 2.04. The number of nitrogens with zero attached hydrogens (tertiary/aromatic N) is 6. The maximum atomic E-state index is 14.7. The zero-order chi connectivity index (χ0) is 31.0. The van der Waals surface area contributed by atoms with E-state index in [1.807, 2.05) is 23.7 Å². The molecule has 230 valence electrons. The highest BCUT2D eigenvalue weighted by Gasteiger charge is 2.32. The Balaban J connectivity index is 1.62. The van der Waals surface area contributed by atoms with Crippen LogP contribution in [0.5, 0.6) is 0 Å². The number of halogens is 4. The molecule has 3 aromatic rings. The minimum Gasteiger partial charge on any atom is -0.351 e. The summed E-state index contributed by atoms with van der Waals surface area (Å²) < 4.78 is 79.8. The minimum absolute atomic E-state index is 0.0271. The maximum Gasteiger partial charge on any atom is 0.390 e. The van der Waals surface area contributed by atoms with Crippen LogP contribution in [-0.2, 0) is 10.0 Å². The van der Waals surface area contributed by atoms with Gasteiger partial charge < -0.3 is 10.2 Å². The van der Waals surface area contributed by atoms with Crippen LogP contribution in [0.2, 0.25) is 0 Å². The van der Waals surface area contributed by atoms with E-state index in [4.69, 9.17) is 0 Å². The van der Waals surface area contributed by atoms with Crippen molar-refractivity contribution in [2.45, 2.75) is 76.9 Å². The van der Waals surface area contributed by atoms with Gasteiger partial charge in [0.25, 0.3) is 5.56 Å². The smallest absolute Gasteiger partial charge is 0.351 e. The van der Waals surface area contributed by atoms with Gasteiger partial charge in [-0.15, -0.1) is 0 Å². The number of rotatable bonds is 9. The first kappa shape index (κ1) is 31.5. The largest absolute Gasteiger partial charge is 0.390 e. The fourth-order valence-electron chi connectivity index (χ4n) is 5.05. The molecule has 0 amide bonds. The highest BCUT2D eigenvalue weighted by Crippen LogP contribution is 2.28. The van der Waals surface area contributed by atoms with Gasteiger partial charge >= 0.3 is 6.18 Å². The number of nitrogens with one attached hydrogen (secondary N) is 2. The first-order valence-corrected chi connectivity index (χ1v) is 15.1. The molecule has 3 atom stereocenters. The summed E-state index contributed by atoms with van der Waals surface area (Å²) in [5, 5.41) is 3.19. The molecule has 3 aromatic heterocycles. The Bertz CT molecular complexity index is 1610. The van der Waals surface area contributed by atoms with Crippen molar-refractivity contribution in [2.24, 2.45) is 0 Å². The van der Waals surface area contributed by atoms with Crippen LogP contribution in [0.4, 0.5) is 29.3 Å². The molecule has 1 fully saturated rings. The molecule has 0 spiro atoms. The second-order valence-corrected chi connectivity index (χ2v) is 12.8. The molecule has 1 saturated carbocycles. The van der Waals surface area contributed by atoms with Crippen LogP contribution in [0, 0.1) is 6.92 Å². The molecule has 2 N–H and O–H groups in total. The molecule has 1 aliphatic carbocycles. The second kappa shape index (κ2) is 12.1. The van der Waals surface area contributed by atoms with Crippen molar-refractivity contribution in [3.63, 3.8) is 0 Å². The highest BCUT2D eigenvalue weighted by atomic mass is 32.2. The topological polar surface area (TPSA) is 135 Å². The lowest BCUT2D eigenvalue weighted by Crippen LogP contribution is -2.44. The molecule has 0 radical (unpaired) electrons. The molecule has 42 heavy (non-hydrogen) atoms.